The van der Waals surface area contributed by atoms with E-state index in [0.29, 0.717) is 12.0 Å². The van der Waals surface area contributed by atoms with Crippen LogP contribution in [0.25, 0.3) is 0 Å². The molecule has 0 aromatic rings. The summed E-state index contributed by atoms with van der Waals surface area (Å²) in [7, 11) is 0. The first kappa shape index (κ1) is 15.8. The Balaban J connectivity index is 2.12. The fourth-order valence-corrected chi connectivity index (χ4v) is 4.50. The predicted molar refractivity (Wildman–Crippen MR) is 81.7 cm³/mol. The molecule has 0 radical (unpaired) electrons. The van der Waals surface area contributed by atoms with Crippen molar-refractivity contribution in [3.63, 3.8) is 0 Å². The number of rotatable bonds is 5. The van der Waals surface area contributed by atoms with Gasteiger partial charge in [0.05, 0.1) is 5.92 Å². The maximum atomic E-state index is 11.6. The Morgan fingerprint density at radius 1 is 1.30 bits per heavy atom. The van der Waals surface area contributed by atoms with Crippen LogP contribution < -0.4 is 0 Å². The molecular weight excluding hydrogens is 250 g/mol. The van der Waals surface area contributed by atoms with Gasteiger partial charge < -0.3 is 5.11 Å². The molecule has 4 unspecified atom stereocenters. The van der Waals surface area contributed by atoms with E-state index in [0.717, 1.165) is 31.7 Å². The third-order valence-electron chi connectivity index (χ3n) is 5.48. The summed E-state index contributed by atoms with van der Waals surface area (Å²) >= 11 is 0. The third-order valence-corrected chi connectivity index (χ3v) is 5.48. The van der Waals surface area contributed by atoms with E-state index in [1.165, 1.54) is 25.7 Å². The van der Waals surface area contributed by atoms with E-state index in [1.54, 1.807) is 0 Å². The SMILES string of the molecule is CCCC1CCC(C(=O)O)C(N2CCCC2C(C)C)C1. The first-order valence-electron chi connectivity index (χ1n) is 8.53. The smallest absolute Gasteiger partial charge is 0.308 e. The number of carboxylic acids is 1. The number of carbonyl (C=O) groups is 1. The summed E-state index contributed by atoms with van der Waals surface area (Å²) in [5, 5.41) is 9.58. The van der Waals surface area contributed by atoms with Crippen LogP contribution in [0.4, 0.5) is 0 Å². The lowest BCUT2D eigenvalue weighted by atomic mass is 9.75. The molecule has 0 spiro atoms. The lowest BCUT2D eigenvalue weighted by Gasteiger charge is -2.43. The lowest BCUT2D eigenvalue weighted by molar-refractivity contribution is -0.146. The highest BCUT2D eigenvalue weighted by Crippen LogP contribution is 2.39. The van der Waals surface area contributed by atoms with Crippen molar-refractivity contribution in [1.29, 1.82) is 0 Å². The molecule has 3 heteroatoms. The van der Waals surface area contributed by atoms with Crippen LogP contribution in [0.15, 0.2) is 0 Å². The highest BCUT2D eigenvalue weighted by atomic mass is 16.4. The van der Waals surface area contributed by atoms with E-state index in [9.17, 15) is 9.90 Å². The van der Waals surface area contributed by atoms with E-state index in [4.69, 9.17) is 0 Å². The molecule has 1 aliphatic heterocycles. The van der Waals surface area contributed by atoms with Gasteiger partial charge in [-0.3, -0.25) is 9.69 Å². The molecule has 116 valence electrons. The summed E-state index contributed by atoms with van der Waals surface area (Å²) in [6.45, 7) is 7.91. The Morgan fingerprint density at radius 2 is 2.05 bits per heavy atom. The molecule has 2 rings (SSSR count). The molecule has 2 fully saturated rings. The predicted octanol–water partition coefficient (Wildman–Crippen LogP) is 3.78. The van der Waals surface area contributed by atoms with Crippen LogP contribution in [-0.4, -0.2) is 34.6 Å². The number of likely N-dealkylation sites (tertiary alicyclic amines) is 1. The Bertz CT molecular complexity index is 329. The zero-order valence-corrected chi connectivity index (χ0v) is 13.3. The molecule has 0 bridgehead atoms. The quantitative estimate of drug-likeness (QED) is 0.834. The van der Waals surface area contributed by atoms with Crippen LogP contribution in [0.1, 0.15) is 65.7 Å². The van der Waals surface area contributed by atoms with Crippen molar-refractivity contribution in [2.45, 2.75) is 77.8 Å². The first-order valence-corrected chi connectivity index (χ1v) is 8.53. The molecule has 1 saturated heterocycles. The van der Waals surface area contributed by atoms with E-state index in [1.807, 2.05) is 0 Å². The van der Waals surface area contributed by atoms with Crippen LogP contribution in [-0.2, 0) is 4.79 Å². The van der Waals surface area contributed by atoms with Crippen molar-refractivity contribution in [1.82, 2.24) is 4.90 Å². The molecule has 20 heavy (non-hydrogen) atoms. The Kier molecular flexibility index (Phi) is 5.48. The summed E-state index contributed by atoms with van der Waals surface area (Å²) in [4.78, 5) is 14.2. The van der Waals surface area contributed by atoms with Crippen LogP contribution in [0.5, 0.6) is 0 Å². The number of aliphatic carboxylic acids is 1. The van der Waals surface area contributed by atoms with Crippen molar-refractivity contribution in [3.8, 4) is 0 Å². The summed E-state index contributed by atoms with van der Waals surface area (Å²) in [6, 6.07) is 0.884. The van der Waals surface area contributed by atoms with E-state index in [-0.39, 0.29) is 12.0 Å². The number of nitrogens with zero attached hydrogens (tertiary/aromatic N) is 1. The zero-order valence-electron chi connectivity index (χ0n) is 13.3. The molecule has 1 aliphatic carbocycles. The monoisotopic (exact) mass is 281 g/mol. The fourth-order valence-electron chi connectivity index (χ4n) is 4.50. The van der Waals surface area contributed by atoms with Crippen LogP contribution >= 0.6 is 0 Å². The number of hydrogen-bond donors (Lipinski definition) is 1. The summed E-state index contributed by atoms with van der Waals surface area (Å²) in [6.07, 6.45) is 8.08. The normalized spacial score (nSPS) is 35.6. The Hall–Kier alpha value is -0.570. The van der Waals surface area contributed by atoms with Gasteiger partial charge in [-0.25, -0.2) is 0 Å². The maximum Gasteiger partial charge on any atom is 0.308 e. The Morgan fingerprint density at radius 3 is 2.65 bits per heavy atom. The van der Waals surface area contributed by atoms with E-state index < -0.39 is 5.97 Å². The third kappa shape index (κ3) is 3.36. The standard InChI is InChI=1S/C17H31NO2/c1-4-6-13-8-9-14(17(19)20)16(11-13)18-10-5-7-15(18)12(2)3/h12-16H,4-11H2,1-3H3,(H,19,20). The van der Waals surface area contributed by atoms with Crippen LogP contribution in [0.3, 0.4) is 0 Å². The van der Waals surface area contributed by atoms with Gasteiger partial charge in [0.25, 0.3) is 0 Å². The van der Waals surface area contributed by atoms with Crippen molar-refractivity contribution in [2.24, 2.45) is 17.8 Å². The van der Waals surface area contributed by atoms with Gasteiger partial charge >= 0.3 is 5.97 Å². The molecule has 2 aliphatic rings. The van der Waals surface area contributed by atoms with Crippen molar-refractivity contribution in [2.75, 3.05) is 6.54 Å². The Labute approximate surface area is 123 Å². The molecule has 0 amide bonds. The number of hydrogen-bond acceptors (Lipinski definition) is 2. The molecule has 1 saturated carbocycles. The second kappa shape index (κ2) is 6.93. The van der Waals surface area contributed by atoms with Gasteiger partial charge in [0, 0.05) is 12.1 Å². The molecular formula is C17H31NO2. The lowest BCUT2D eigenvalue weighted by Crippen LogP contribution is -2.50. The van der Waals surface area contributed by atoms with Gasteiger partial charge in [0.1, 0.15) is 0 Å². The van der Waals surface area contributed by atoms with Gasteiger partial charge in [-0.2, -0.15) is 0 Å². The molecule has 4 atom stereocenters. The molecule has 1 heterocycles. The first-order chi connectivity index (χ1) is 9.54. The van der Waals surface area contributed by atoms with E-state index >= 15 is 0 Å². The minimum atomic E-state index is -0.570. The van der Waals surface area contributed by atoms with Gasteiger partial charge in [-0.05, 0) is 50.5 Å². The highest BCUT2D eigenvalue weighted by Gasteiger charge is 2.42. The second-order valence-corrected chi connectivity index (χ2v) is 7.17. The van der Waals surface area contributed by atoms with Crippen LogP contribution in [0, 0.1) is 17.8 Å². The van der Waals surface area contributed by atoms with Crippen molar-refractivity contribution >= 4 is 5.97 Å². The van der Waals surface area contributed by atoms with Crippen LogP contribution in [0.2, 0.25) is 0 Å². The van der Waals surface area contributed by atoms with Crippen molar-refractivity contribution in [3.05, 3.63) is 0 Å². The molecule has 3 nitrogen and oxygen atoms in total. The van der Waals surface area contributed by atoms with Gasteiger partial charge in [-0.1, -0.05) is 33.6 Å². The summed E-state index contributed by atoms with van der Waals surface area (Å²) in [5.74, 6) is 0.675. The summed E-state index contributed by atoms with van der Waals surface area (Å²) in [5.41, 5.74) is 0. The molecule has 1 N–H and O–H groups in total. The van der Waals surface area contributed by atoms with Gasteiger partial charge in [-0.15, -0.1) is 0 Å². The minimum Gasteiger partial charge on any atom is -0.481 e. The second-order valence-electron chi connectivity index (χ2n) is 7.17. The highest BCUT2D eigenvalue weighted by molar-refractivity contribution is 5.71. The maximum absolute atomic E-state index is 11.6. The molecule has 0 aromatic carbocycles. The largest absolute Gasteiger partial charge is 0.481 e. The average Bonchev–Trinajstić information content (AvgIpc) is 2.88. The molecule has 0 aromatic heterocycles. The van der Waals surface area contributed by atoms with E-state index in [2.05, 4.69) is 25.7 Å². The fraction of sp³-hybridized carbons (Fsp3) is 0.941. The topological polar surface area (TPSA) is 40.5 Å². The number of carboxylic acid groups (broad SMARTS) is 1. The zero-order chi connectivity index (χ0) is 14.7. The van der Waals surface area contributed by atoms with Gasteiger partial charge in [0.2, 0.25) is 0 Å². The minimum absolute atomic E-state index is 0.137. The van der Waals surface area contributed by atoms with Gasteiger partial charge in [0.15, 0.2) is 0 Å². The van der Waals surface area contributed by atoms with Crippen molar-refractivity contribution < 1.29 is 9.90 Å². The average molecular weight is 281 g/mol. The summed E-state index contributed by atoms with van der Waals surface area (Å²) < 4.78 is 0.